The van der Waals surface area contributed by atoms with E-state index in [1.807, 2.05) is 11.8 Å². The number of ether oxygens (including phenoxy) is 2. The molecule has 0 spiro atoms. The first-order chi connectivity index (χ1) is 14.5. The van der Waals surface area contributed by atoms with Gasteiger partial charge in [0.05, 0.1) is 18.2 Å². The fraction of sp³-hybridized carbons (Fsp3) is 0.652. The van der Waals surface area contributed by atoms with Gasteiger partial charge in [0, 0.05) is 37.7 Å². The van der Waals surface area contributed by atoms with Crippen LogP contribution >= 0.6 is 11.6 Å². The number of piperazine rings is 1. The van der Waals surface area contributed by atoms with Crippen molar-refractivity contribution in [2.45, 2.75) is 52.4 Å². The standard InChI is InChI=1S/C23H33ClN2O4/c1-3-5-14-30-21-19(24)15-18(16-20(21)29-4-2)23(28)26-12-10-25(11-13-26)22(27)17-8-6-7-9-17/h15-17H,3-14H2,1-2H3. The lowest BCUT2D eigenvalue weighted by molar-refractivity contribution is -0.136. The lowest BCUT2D eigenvalue weighted by Crippen LogP contribution is -2.51. The van der Waals surface area contributed by atoms with Gasteiger partial charge in [-0.1, -0.05) is 37.8 Å². The summed E-state index contributed by atoms with van der Waals surface area (Å²) in [5.74, 6) is 1.34. The highest BCUT2D eigenvalue weighted by Gasteiger charge is 2.31. The van der Waals surface area contributed by atoms with Crippen LogP contribution in [-0.2, 0) is 4.79 Å². The van der Waals surface area contributed by atoms with Crippen molar-refractivity contribution in [3.05, 3.63) is 22.7 Å². The van der Waals surface area contributed by atoms with Gasteiger partial charge in [-0.05, 0) is 38.3 Å². The van der Waals surface area contributed by atoms with Gasteiger partial charge in [-0.2, -0.15) is 0 Å². The highest BCUT2D eigenvalue weighted by molar-refractivity contribution is 6.32. The first-order valence-electron chi connectivity index (χ1n) is 11.2. The molecule has 1 aliphatic carbocycles. The third kappa shape index (κ3) is 5.39. The van der Waals surface area contributed by atoms with Gasteiger partial charge in [0.25, 0.3) is 5.91 Å². The molecule has 0 bridgehead atoms. The Morgan fingerprint density at radius 2 is 1.70 bits per heavy atom. The van der Waals surface area contributed by atoms with Crippen molar-refractivity contribution in [1.29, 1.82) is 0 Å². The summed E-state index contributed by atoms with van der Waals surface area (Å²) in [5.41, 5.74) is 0.488. The van der Waals surface area contributed by atoms with Crippen LogP contribution in [0.1, 0.15) is 62.7 Å². The minimum atomic E-state index is -0.0917. The lowest BCUT2D eigenvalue weighted by atomic mass is 10.1. The van der Waals surface area contributed by atoms with Crippen molar-refractivity contribution in [2.24, 2.45) is 5.92 Å². The van der Waals surface area contributed by atoms with E-state index >= 15 is 0 Å². The number of hydrogen-bond donors (Lipinski definition) is 0. The SMILES string of the molecule is CCCCOc1c(Cl)cc(C(=O)N2CCN(C(=O)C3CCCC3)CC2)cc1OCC. The third-order valence-electron chi connectivity index (χ3n) is 5.88. The molecule has 1 saturated carbocycles. The minimum Gasteiger partial charge on any atom is -0.490 e. The summed E-state index contributed by atoms with van der Waals surface area (Å²) in [7, 11) is 0. The van der Waals surface area contributed by atoms with Gasteiger partial charge in [0.15, 0.2) is 11.5 Å². The van der Waals surface area contributed by atoms with Crippen LogP contribution in [0.5, 0.6) is 11.5 Å². The molecule has 1 saturated heterocycles. The first kappa shape index (κ1) is 22.7. The maximum Gasteiger partial charge on any atom is 0.254 e. The van der Waals surface area contributed by atoms with Crippen molar-refractivity contribution in [2.75, 3.05) is 39.4 Å². The summed E-state index contributed by atoms with van der Waals surface area (Å²) >= 11 is 6.44. The monoisotopic (exact) mass is 436 g/mol. The number of carbonyl (C=O) groups is 2. The summed E-state index contributed by atoms with van der Waals surface area (Å²) in [6.07, 6.45) is 6.25. The number of unbranched alkanes of at least 4 members (excludes halogenated alkanes) is 1. The van der Waals surface area contributed by atoms with Crippen molar-refractivity contribution >= 4 is 23.4 Å². The Balaban J connectivity index is 1.65. The Labute approximate surface area is 184 Å². The third-order valence-corrected chi connectivity index (χ3v) is 6.16. The molecule has 0 atom stereocenters. The minimum absolute atomic E-state index is 0.0917. The van der Waals surface area contributed by atoms with E-state index in [4.69, 9.17) is 21.1 Å². The van der Waals surface area contributed by atoms with Gasteiger partial charge >= 0.3 is 0 Å². The Kier molecular flexibility index (Phi) is 8.25. The predicted octanol–water partition coefficient (Wildman–Crippen LogP) is 4.39. The van der Waals surface area contributed by atoms with Crippen molar-refractivity contribution < 1.29 is 19.1 Å². The molecule has 2 aliphatic rings. The molecule has 3 rings (SSSR count). The van der Waals surface area contributed by atoms with Gasteiger partial charge in [0.2, 0.25) is 5.91 Å². The van der Waals surface area contributed by atoms with Crippen LogP contribution in [0.3, 0.4) is 0 Å². The topological polar surface area (TPSA) is 59.1 Å². The largest absolute Gasteiger partial charge is 0.490 e. The number of nitrogens with zero attached hydrogens (tertiary/aromatic N) is 2. The van der Waals surface area contributed by atoms with E-state index < -0.39 is 0 Å². The van der Waals surface area contributed by atoms with Crippen LogP contribution in [0.15, 0.2) is 12.1 Å². The van der Waals surface area contributed by atoms with Crippen LogP contribution < -0.4 is 9.47 Å². The molecular weight excluding hydrogens is 404 g/mol. The second-order valence-corrected chi connectivity index (χ2v) is 8.43. The normalized spacial score (nSPS) is 17.3. The van der Waals surface area contributed by atoms with E-state index in [1.165, 1.54) is 0 Å². The van der Waals surface area contributed by atoms with E-state index in [-0.39, 0.29) is 17.7 Å². The van der Waals surface area contributed by atoms with E-state index in [0.29, 0.717) is 61.5 Å². The van der Waals surface area contributed by atoms with Gasteiger partial charge in [-0.25, -0.2) is 0 Å². The van der Waals surface area contributed by atoms with Crippen molar-refractivity contribution in [3.8, 4) is 11.5 Å². The molecule has 0 unspecified atom stereocenters. The summed E-state index contributed by atoms with van der Waals surface area (Å²) in [6, 6.07) is 3.37. The molecule has 6 nitrogen and oxygen atoms in total. The molecule has 1 aromatic rings. The van der Waals surface area contributed by atoms with Crippen LogP contribution in [0.2, 0.25) is 5.02 Å². The zero-order chi connectivity index (χ0) is 21.5. The highest BCUT2D eigenvalue weighted by atomic mass is 35.5. The average molecular weight is 437 g/mol. The number of amides is 2. The second kappa shape index (κ2) is 10.9. The zero-order valence-electron chi connectivity index (χ0n) is 18.1. The average Bonchev–Trinajstić information content (AvgIpc) is 3.29. The molecular formula is C23H33ClN2O4. The highest BCUT2D eigenvalue weighted by Crippen LogP contribution is 2.37. The summed E-state index contributed by atoms with van der Waals surface area (Å²) < 4.78 is 11.5. The van der Waals surface area contributed by atoms with Gasteiger partial charge in [-0.15, -0.1) is 0 Å². The molecule has 30 heavy (non-hydrogen) atoms. The predicted molar refractivity (Wildman–Crippen MR) is 117 cm³/mol. The molecule has 2 amide bonds. The van der Waals surface area contributed by atoms with Gasteiger partial charge in [-0.3, -0.25) is 9.59 Å². The zero-order valence-corrected chi connectivity index (χ0v) is 18.9. The quantitative estimate of drug-likeness (QED) is 0.567. The molecule has 1 aliphatic heterocycles. The van der Waals surface area contributed by atoms with Crippen molar-refractivity contribution in [1.82, 2.24) is 9.80 Å². The number of rotatable bonds is 8. The fourth-order valence-corrected chi connectivity index (χ4v) is 4.42. The molecule has 2 fully saturated rings. The molecule has 1 aromatic carbocycles. The molecule has 0 aromatic heterocycles. The smallest absolute Gasteiger partial charge is 0.254 e. The van der Waals surface area contributed by atoms with Crippen LogP contribution in [0.25, 0.3) is 0 Å². The summed E-state index contributed by atoms with van der Waals surface area (Å²) in [5, 5.41) is 0.385. The number of hydrogen-bond acceptors (Lipinski definition) is 4. The number of carbonyl (C=O) groups excluding carboxylic acids is 2. The van der Waals surface area contributed by atoms with Gasteiger partial charge in [0.1, 0.15) is 0 Å². The maximum atomic E-state index is 13.1. The fourth-order valence-electron chi connectivity index (χ4n) is 4.16. The number of benzene rings is 1. The number of halogens is 1. The van der Waals surface area contributed by atoms with Crippen LogP contribution in [0.4, 0.5) is 0 Å². The summed E-state index contributed by atoms with van der Waals surface area (Å²) in [6.45, 7) is 7.24. The Morgan fingerprint density at radius 1 is 1.03 bits per heavy atom. The Bertz CT molecular complexity index is 741. The first-order valence-corrected chi connectivity index (χ1v) is 11.6. The van der Waals surface area contributed by atoms with E-state index in [2.05, 4.69) is 6.92 Å². The molecule has 0 radical (unpaired) electrons. The van der Waals surface area contributed by atoms with Gasteiger partial charge < -0.3 is 19.3 Å². The maximum absolute atomic E-state index is 13.1. The lowest BCUT2D eigenvalue weighted by Gasteiger charge is -2.36. The summed E-state index contributed by atoms with van der Waals surface area (Å²) in [4.78, 5) is 29.4. The van der Waals surface area contributed by atoms with E-state index in [1.54, 1.807) is 17.0 Å². The Morgan fingerprint density at radius 3 is 2.33 bits per heavy atom. The molecule has 0 N–H and O–H groups in total. The Hall–Kier alpha value is -1.95. The molecule has 1 heterocycles. The van der Waals surface area contributed by atoms with Crippen LogP contribution in [0, 0.1) is 5.92 Å². The van der Waals surface area contributed by atoms with E-state index in [0.717, 1.165) is 38.5 Å². The molecule has 7 heteroatoms. The van der Waals surface area contributed by atoms with E-state index in [9.17, 15) is 9.59 Å². The molecule has 166 valence electrons. The van der Waals surface area contributed by atoms with Crippen molar-refractivity contribution in [3.63, 3.8) is 0 Å². The van der Waals surface area contributed by atoms with Crippen LogP contribution in [-0.4, -0.2) is 61.0 Å². The second-order valence-electron chi connectivity index (χ2n) is 8.02.